The van der Waals surface area contributed by atoms with E-state index in [1.807, 2.05) is 19.9 Å². The fourth-order valence-corrected chi connectivity index (χ4v) is 2.90. The molecule has 0 atom stereocenters. The Hall–Kier alpha value is -3.61. The molecule has 0 aliphatic carbocycles. The molecule has 0 saturated carbocycles. The zero-order valence-corrected chi connectivity index (χ0v) is 16.5. The van der Waals surface area contributed by atoms with Crippen molar-refractivity contribution in [1.82, 2.24) is 4.98 Å². The normalized spacial score (nSPS) is 10.6. The molecule has 7 nitrogen and oxygen atoms in total. The van der Waals surface area contributed by atoms with Gasteiger partial charge in [0.15, 0.2) is 6.61 Å². The zero-order valence-electron chi connectivity index (χ0n) is 16.5. The Morgan fingerprint density at radius 3 is 2.28 bits per heavy atom. The number of nitrogens with one attached hydrogen (secondary N) is 2. The lowest BCUT2D eigenvalue weighted by atomic mass is 10.1. The molecule has 0 unspecified atom stereocenters. The van der Waals surface area contributed by atoms with Crippen molar-refractivity contribution in [3.8, 4) is 0 Å². The first-order chi connectivity index (χ1) is 13.9. The standard InChI is InChI=1S/C22H22N2O5/c1-4-28-21(26)15-5-8-17(9-6-15)24-20(25)12-29-22(27)16-7-10-19-18(11-16)13(2)14(3)23-19/h5-11,23H,4,12H2,1-3H3,(H,24,25). The lowest BCUT2D eigenvalue weighted by Gasteiger charge is -2.08. The first-order valence-electron chi connectivity index (χ1n) is 9.22. The predicted octanol–water partition coefficient (Wildman–Crippen LogP) is 3.76. The van der Waals surface area contributed by atoms with Gasteiger partial charge < -0.3 is 19.8 Å². The molecule has 1 amide bonds. The van der Waals surface area contributed by atoms with Gasteiger partial charge in [-0.3, -0.25) is 4.79 Å². The number of rotatable bonds is 6. The summed E-state index contributed by atoms with van der Waals surface area (Å²) in [5.41, 5.74) is 4.31. The maximum absolute atomic E-state index is 12.3. The largest absolute Gasteiger partial charge is 0.462 e. The molecule has 0 aliphatic heterocycles. The highest BCUT2D eigenvalue weighted by Gasteiger charge is 2.13. The number of aromatic amines is 1. The zero-order chi connectivity index (χ0) is 21.0. The van der Waals surface area contributed by atoms with Gasteiger partial charge in [0.2, 0.25) is 0 Å². The summed E-state index contributed by atoms with van der Waals surface area (Å²) in [5, 5.41) is 3.56. The van der Waals surface area contributed by atoms with Crippen molar-refractivity contribution in [3.63, 3.8) is 0 Å². The van der Waals surface area contributed by atoms with Crippen molar-refractivity contribution in [2.24, 2.45) is 0 Å². The number of aryl methyl sites for hydroxylation is 2. The molecular weight excluding hydrogens is 372 g/mol. The van der Waals surface area contributed by atoms with E-state index in [9.17, 15) is 14.4 Å². The van der Waals surface area contributed by atoms with Crippen LogP contribution in [0.3, 0.4) is 0 Å². The van der Waals surface area contributed by atoms with Gasteiger partial charge in [0.25, 0.3) is 5.91 Å². The number of carbonyl (C=O) groups excluding carboxylic acids is 3. The molecule has 150 valence electrons. The molecule has 29 heavy (non-hydrogen) atoms. The summed E-state index contributed by atoms with van der Waals surface area (Å²) in [6.45, 7) is 5.55. The van der Waals surface area contributed by atoms with E-state index in [0.29, 0.717) is 23.4 Å². The van der Waals surface area contributed by atoms with Crippen LogP contribution in [-0.2, 0) is 14.3 Å². The molecule has 1 aromatic heterocycles. The minimum atomic E-state index is -0.571. The molecule has 1 heterocycles. The molecule has 0 radical (unpaired) electrons. The van der Waals surface area contributed by atoms with Crippen molar-refractivity contribution in [2.75, 3.05) is 18.5 Å². The van der Waals surface area contributed by atoms with E-state index >= 15 is 0 Å². The third-order valence-electron chi connectivity index (χ3n) is 4.56. The monoisotopic (exact) mass is 394 g/mol. The molecular formula is C22H22N2O5. The van der Waals surface area contributed by atoms with E-state index in [1.165, 1.54) is 0 Å². The number of hydrogen-bond donors (Lipinski definition) is 2. The van der Waals surface area contributed by atoms with Crippen molar-refractivity contribution in [3.05, 3.63) is 64.8 Å². The highest BCUT2D eigenvalue weighted by Crippen LogP contribution is 2.22. The minimum absolute atomic E-state index is 0.291. The highest BCUT2D eigenvalue weighted by molar-refractivity contribution is 5.98. The summed E-state index contributed by atoms with van der Waals surface area (Å²) < 4.78 is 10.0. The third-order valence-corrected chi connectivity index (χ3v) is 4.56. The number of aromatic nitrogens is 1. The summed E-state index contributed by atoms with van der Waals surface area (Å²) in [4.78, 5) is 39.2. The van der Waals surface area contributed by atoms with Gasteiger partial charge in [-0.25, -0.2) is 9.59 Å². The second-order valence-electron chi connectivity index (χ2n) is 6.56. The molecule has 0 spiro atoms. The maximum Gasteiger partial charge on any atom is 0.338 e. The number of ether oxygens (including phenoxy) is 2. The number of amides is 1. The van der Waals surface area contributed by atoms with Gasteiger partial charge in [0, 0.05) is 22.3 Å². The second kappa shape index (κ2) is 8.60. The van der Waals surface area contributed by atoms with Gasteiger partial charge >= 0.3 is 11.9 Å². The van der Waals surface area contributed by atoms with E-state index in [1.54, 1.807) is 43.3 Å². The van der Waals surface area contributed by atoms with E-state index in [2.05, 4.69) is 10.3 Å². The number of fused-ring (bicyclic) bond motifs is 1. The Labute approximate surface area is 168 Å². The van der Waals surface area contributed by atoms with Gasteiger partial charge in [-0.2, -0.15) is 0 Å². The number of anilines is 1. The summed E-state index contributed by atoms with van der Waals surface area (Å²) in [7, 11) is 0. The fourth-order valence-electron chi connectivity index (χ4n) is 2.90. The topological polar surface area (TPSA) is 97.5 Å². The number of esters is 2. The Balaban J connectivity index is 1.57. The van der Waals surface area contributed by atoms with Gasteiger partial charge in [0.05, 0.1) is 17.7 Å². The molecule has 2 aromatic carbocycles. The van der Waals surface area contributed by atoms with Crippen LogP contribution in [0.5, 0.6) is 0 Å². The fraction of sp³-hybridized carbons (Fsp3) is 0.227. The van der Waals surface area contributed by atoms with E-state index in [4.69, 9.17) is 9.47 Å². The number of benzene rings is 2. The predicted molar refractivity (Wildman–Crippen MR) is 109 cm³/mol. The lowest BCUT2D eigenvalue weighted by molar-refractivity contribution is -0.119. The SMILES string of the molecule is CCOC(=O)c1ccc(NC(=O)COC(=O)c2ccc3[nH]c(C)c(C)c3c2)cc1. The average molecular weight is 394 g/mol. The Morgan fingerprint density at radius 1 is 0.931 bits per heavy atom. The first kappa shape index (κ1) is 20.1. The molecule has 3 rings (SSSR count). The van der Waals surface area contributed by atoms with Gasteiger partial charge in [0.1, 0.15) is 0 Å². The van der Waals surface area contributed by atoms with Crippen molar-refractivity contribution < 1.29 is 23.9 Å². The number of carbonyl (C=O) groups is 3. The van der Waals surface area contributed by atoms with Gasteiger partial charge in [-0.15, -0.1) is 0 Å². The minimum Gasteiger partial charge on any atom is -0.462 e. The Kier molecular flexibility index (Phi) is 5.97. The molecule has 2 N–H and O–H groups in total. The maximum atomic E-state index is 12.3. The van der Waals surface area contributed by atoms with E-state index in [-0.39, 0.29) is 0 Å². The van der Waals surface area contributed by atoms with Crippen LogP contribution in [-0.4, -0.2) is 36.0 Å². The van der Waals surface area contributed by atoms with Crippen LogP contribution in [0.4, 0.5) is 5.69 Å². The van der Waals surface area contributed by atoms with E-state index < -0.39 is 24.5 Å². The van der Waals surface area contributed by atoms with Crippen LogP contribution in [0.2, 0.25) is 0 Å². The van der Waals surface area contributed by atoms with Crippen LogP contribution in [0, 0.1) is 13.8 Å². The molecule has 0 aliphatic rings. The molecule has 7 heteroatoms. The lowest BCUT2D eigenvalue weighted by Crippen LogP contribution is -2.21. The van der Waals surface area contributed by atoms with Crippen molar-refractivity contribution in [2.45, 2.75) is 20.8 Å². The van der Waals surface area contributed by atoms with Crippen molar-refractivity contribution >= 4 is 34.4 Å². The van der Waals surface area contributed by atoms with Crippen LogP contribution in [0.15, 0.2) is 42.5 Å². The first-order valence-corrected chi connectivity index (χ1v) is 9.22. The average Bonchev–Trinajstić information content (AvgIpc) is 3.00. The molecule has 0 bridgehead atoms. The van der Waals surface area contributed by atoms with Crippen LogP contribution < -0.4 is 5.32 Å². The van der Waals surface area contributed by atoms with Crippen LogP contribution in [0.25, 0.3) is 10.9 Å². The second-order valence-corrected chi connectivity index (χ2v) is 6.56. The van der Waals surface area contributed by atoms with Crippen LogP contribution in [0.1, 0.15) is 38.9 Å². The Morgan fingerprint density at radius 2 is 1.59 bits per heavy atom. The summed E-state index contributed by atoms with van der Waals surface area (Å²) in [5.74, 6) is -1.47. The number of hydrogen-bond acceptors (Lipinski definition) is 5. The van der Waals surface area contributed by atoms with Crippen molar-refractivity contribution in [1.29, 1.82) is 0 Å². The summed E-state index contributed by atoms with van der Waals surface area (Å²) in [6, 6.07) is 11.5. The number of H-pyrrole nitrogens is 1. The molecule has 0 fully saturated rings. The smallest absolute Gasteiger partial charge is 0.338 e. The highest BCUT2D eigenvalue weighted by atomic mass is 16.5. The van der Waals surface area contributed by atoms with Gasteiger partial charge in [-0.1, -0.05) is 0 Å². The molecule has 3 aromatic rings. The molecule has 0 saturated heterocycles. The summed E-state index contributed by atoms with van der Waals surface area (Å²) in [6.07, 6.45) is 0. The van der Waals surface area contributed by atoms with Gasteiger partial charge in [-0.05, 0) is 68.8 Å². The Bertz CT molecular complexity index is 1070. The van der Waals surface area contributed by atoms with Crippen LogP contribution >= 0.6 is 0 Å². The quantitative estimate of drug-likeness (QED) is 0.621. The summed E-state index contributed by atoms with van der Waals surface area (Å²) >= 11 is 0. The van der Waals surface area contributed by atoms with E-state index in [0.717, 1.165) is 22.2 Å². The third kappa shape index (κ3) is 4.63.